The predicted octanol–water partition coefficient (Wildman–Crippen LogP) is 6.77. The summed E-state index contributed by atoms with van der Waals surface area (Å²) in [6, 6.07) is 23.5. The lowest BCUT2D eigenvalue weighted by Gasteiger charge is -2.11. The molecule has 130 valence electrons. The third kappa shape index (κ3) is 3.47. The third-order valence-corrected chi connectivity index (χ3v) is 5.45. The quantitative estimate of drug-likeness (QED) is 0.495. The summed E-state index contributed by atoms with van der Waals surface area (Å²) in [5.74, 6) is 0.491. The number of benzene rings is 3. The van der Waals surface area contributed by atoms with Crippen molar-refractivity contribution >= 4 is 24.0 Å². The van der Waals surface area contributed by atoms with Crippen LogP contribution in [-0.2, 0) is 6.42 Å². The van der Waals surface area contributed by atoms with E-state index in [0.717, 1.165) is 23.4 Å². The Bertz CT molecular complexity index is 973. The molecule has 4 rings (SSSR count). The molecule has 1 aliphatic carbocycles. The van der Waals surface area contributed by atoms with Crippen LogP contribution in [0.25, 0.3) is 11.1 Å². The first-order chi connectivity index (χ1) is 12.7. The Hall–Kier alpha value is -2.32. The molecule has 0 spiro atoms. The maximum Gasteiger partial charge on any atom is 0.0667 e. The molecular formula is C24H23NS. The van der Waals surface area contributed by atoms with Crippen molar-refractivity contribution in [3.63, 3.8) is 0 Å². The fourth-order valence-electron chi connectivity index (χ4n) is 3.52. The standard InChI is InChI=1S/C24H23NS/c1-3-17-12-20(19-10-7-11-21(26)13-19)14-23(16(17)2)25-24-15-22(24)18-8-5-4-6-9-18/h4-14,22,26H,3,15H2,1-2H3/b25-24+. The minimum absolute atomic E-state index is 0.491. The highest BCUT2D eigenvalue weighted by Crippen LogP contribution is 2.40. The topological polar surface area (TPSA) is 12.4 Å². The summed E-state index contributed by atoms with van der Waals surface area (Å²) >= 11 is 4.49. The van der Waals surface area contributed by atoms with Crippen LogP contribution in [0.5, 0.6) is 0 Å². The van der Waals surface area contributed by atoms with E-state index >= 15 is 0 Å². The number of aryl methyl sites for hydroxylation is 1. The summed E-state index contributed by atoms with van der Waals surface area (Å²) in [6.45, 7) is 4.40. The van der Waals surface area contributed by atoms with Crippen LogP contribution >= 0.6 is 12.6 Å². The maximum absolute atomic E-state index is 5.04. The fraction of sp³-hybridized carbons (Fsp3) is 0.208. The summed E-state index contributed by atoms with van der Waals surface area (Å²) < 4.78 is 0. The van der Waals surface area contributed by atoms with Gasteiger partial charge in [0.25, 0.3) is 0 Å². The lowest BCUT2D eigenvalue weighted by molar-refractivity contribution is 1.11. The van der Waals surface area contributed by atoms with Crippen LogP contribution in [0, 0.1) is 6.92 Å². The van der Waals surface area contributed by atoms with Crippen molar-refractivity contribution in [2.24, 2.45) is 4.99 Å². The molecule has 1 atom stereocenters. The fourth-order valence-corrected chi connectivity index (χ4v) is 3.74. The molecule has 2 heteroatoms. The van der Waals surface area contributed by atoms with E-state index < -0.39 is 0 Å². The summed E-state index contributed by atoms with van der Waals surface area (Å²) in [5.41, 5.74) is 8.86. The Kier molecular flexibility index (Phi) is 4.69. The molecule has 0 aromatic heterocycles. The normalized spacial score (nSPS) is 17.5. The van der Waals surface area contributed by atoms with Crippen LogP contribution in [0.15, 0.2) is 76.6 Å². The van der Waals surface area contributed by atoms with E-state index in [4.69, 9.17) is 4.99 Å². The molecule has 3 aromatic rings. The number of nitrogens with zero attached hydrogens (tertiary/aromatic N) is 1. The number of thiol groups is 1. The van der Waals surface area contributed by atoms with Gasteiger partial charge in [0, 0.05) is 16.5 Å². The third-order valence-electron chi connectivity index (χ3n) is 5.17. The minimum Gasteiger partial charge on any atom is -0.257 e. The number of hydrogen-bond acceptors (Lipinski definition) is 2. The molecule has 1 saturated carbocycles. The molecule has 3 aromatic carbocycles. The Labute approximate surface area is 161 Å². The van der Waals surface area contributed by atoms with Crippen LogP contribution in [0.1, 0.15) is 36.0 Å². The SMILES string of the molecule is CCc1cc(-c2cccc(S)c2)cc(/N=C2\CC2c2ccccc2)c1C. The van der Waals surface area contributed by atoms with Gasteiger partial charge in [-0.3, -0.25) is 4.99 Å². The van der Waals surface area contributed by atoms with Crippen LogP contribution in [0.4, 0.5) is 5.69 Å². The number of aliphatic imine (C=N–C) groups is 1. The van der Waals surface area contributed by atoms with Crippen LogP contribution < -0.4 is 0 Å². The molecule has 1 fully saturated rings. The van der Waals surface area contributed by atoms with E-state index in [9.17, 15) is 0 Å². The molecule has 1 nitrogen and oxygen atoms in total. The van der Waals surface area contributed by atoms with Crippen molar-refractivity contribution in [2.45, 2.75) is 37.5 Å². The second-order valence-corrected chi connectivity index (χ2v) is 7.47. The average Bonchev–Trinajstić information content (AvgIpc) is 3.43. The first-order valence-electron chi connectivity index (χ1n) is 9.21. The summed E-state index contributed by atoms with van der Waals surface area (Å²) in [5, 5.41) is 0. The largest absolute Gasteiger partial charge is 0.257 e. The second kappa shape index (κ2) is 7.13. The van der Waals surface area contributed by atoms with E-state index in [1.807, 2.05) is 6.07 Å². The molecule has 0 saturated heterocycles. The maximum atomic E-state index is 5.04. The van der Waals surface area contributed by atoms with Crippen molar-refractivity contribution < 1.29 is 0 Å². The van der Waals surface area contributed by atoms with Gasteiger partial charge in [-0.15, -0.1) is 12.6 Å². The van der Waals surface area contributed by atoms with Gasteiger partial charge in [0.05, 0.1) is 5.69 Å². The second-order valence-electron chi connectivity index (χ2n) is 6.95. The average molecular weight is 358 g/mol. The molecular weight excluding hydrogens is 334 g/mol. The van der Waals surface area contributed by atoms with Gasteiger partial charge in [-0.05, 0) is 65.8 Å². The molecule has 0 aliphatic heterocycles. The van der Waals surface area contributed by atoms with Crippen LogP contribution in [0.3, 0.4) is 0 Å². The smallest absolute Gasteiger partial charge is 0.0667 e. The zero-order valence-electron chi connectivity index (χ0n) is 15.2. The van der Waals surface area contributed by atoms with Gasteiger partial charge >= 0.3 is 0 Å². The van der Waals surface area contributed by atoms with Crippen molar-refractivity contribution in [1.82, 2.24) is 0 Å². The van der Waals surface area contributed by atoms with Crippen molar-refractivity contribution in [1.29, 1.82) is 0 Å². The first-order valence-corrected chi connectivity index (χ1v) is 9.65. The van der Waals surface area contributed by atoms with Crippen molar-refractivity contribution in [3.8, 4) is 11.1 Å². The van der Waals surface area contributed by atoms with Gasteiger partial charge in [0.15, 0.2) is 0 Å². The van der Waals surface area contributed by atoms with Gasteiger partial charge in [0.2, 0.25) is 0 Å². The lowest BCUT2D eigenvalue weighted by Crippen LogP contribution is -1.90. The van der Waals surface area contributed by atoms with Gasteiger partial charge in [-0.25, -0.2) is 0 Å². The monoisotopic (exact) mass is 357 g/mol. The Morgan fingerprint density at radius 3 is 2.50 bits per heavy atom. The molecule has 0 radical (unpaired) electrons. The minimum atomic E-state index is 0.491. The number of hydrogen-bond donors (Lipinski definition) is 1. The molecule has 0 N–H and O–H groups in total. The summed E-state index contributed by atoms with van der Waals surface area (Å²) in [7, 11) is 0. The summed E-state index contributed by atoms with van der Waals surface area (Å²) in [4.78, 5) is 6.03. The molecule has 1 aliphatic rings. The highest BCUT2D eigenvalue weighted by atomic mass is 32.1. The zero-order chi connectivity index (χ0) is 18.1. The van der Waals surface area contributed by atoms with E-state index in [1.165, 1.54) is 33.5 Å². The lowest BCUT2D eigenvalue weighted by atomic mass is 9.97. The van der Waals surface area contributed by atoms with E-state index in [0.29, 0.717) is 5.92 Å². The highest BCUT2D eigenvalue weighted by molar-refractivity contribution is 7.80. The van der Waals surface area contributed by atoms with E-state index in [2.05, 4.69) is 87.1 Å². The van der Waals surface area contributed by atoms with Gasteiger partial charge < -0.3 is 0 Å². The van der Waals surface area contributed by atoms with Crippen molar-refractivity contribution in [3.05, 3.63) is 83.4 Å². The highest BCUT2D eigenvalue weighted by Gasteiger charge is 2.33. The van der Waals surface area contributed by atoms with Gasteiger partial charge in [-0.1, -0.05) is 55.5 Å². The summed E-state index contributed by atoms with van der Waals surface area (Å²) in [6.07, 6.45) is 2.08. The Morgan fingerprint density at radius 2 is 1.77 bits per heavy atom. The van der Waals surface area contributed by atoms with E-state index in [1.54, 1.807) is 0 Å². The predicted molar refractivity (Wildman–Crippen MR) is 114 cm³/mol. The molecule has 26 heavy (non-hydrogen) atoms. The first kappa shape index (κ1) is 17.1. The Balaban J connectivity index is 1.72. The molecule has 0 bridgehead atoms. The van der Waals surface area contributed by atoms with Crippen LogP contribution in [-0.4, -0.2) is 5.71 Å². The number of rotatable bonds is 4. The molecule has 0 amide bonds. The van der Waals surface area contributed by atoms with Crippen LogP contribution in [0.2, 0.25) is 0 Å². The zero-order valence-corrected chi connectivity index (χ0v) is 16.1. The Morgan fingerprint density at radius 1 is 0.962 bits per heavy atom. The van der Waals surface area contributed by atoms with Crippen molar-refractivity contribution in [2.75, 3.05) is 0 Å². The van der Waals surface area contributed by atoms with Gasteiger partial charge in [0.1, 0.15) is 0 Å². The molecule has 0 heterocycles. The van der Waals surface area contributed by atoms with E-state index in [-0.39, 0.29) is 0 Å². The molecule has 1 unspecified atom stereocenters. The van der Waals surface area contributed by atoms with Gasteiger partial charge in [-0.2, -0.15) is 0 Å².